The van der Waals surface area contributed by atoms with Gasteiger partial charge in [0.2, 0.25) is 0 Å². The Labute approximate surface area is 196 Å². The summed E-state index contributed by atoms with van der Waals surface area (Å²) in [6.45, 7) is 1.08. The zero-order valence-electron chi connectivity index (χ0n) is 18.5. The second-order valence-corrected chi connectivity index (χ2v) is 10.1. The predicted molar refractivity (Wildman–Crippen MR) is 111 cm³/mol. The number of alkyl halides is 6. The molecule has 1 amide bonds. The Morgan fingerprint density at radius 3 is 2.03 bits per heavy atom. The maximum absolute atomic E-state index is 13.4. The van der Waals surface area contributed by atoms with E-state index in [1.165, 1.54) is 0 Å². The topological polar surface area (TPSA) is 80.8 Å². The second kappa shape index (κ2) is 8.85. The Morgan fingerprint density at radius 2 is 1.54 bits per heavy atom. The number of benzene rings is 2. The van der Waals surface area contributed by atoms with Gasteiger partial charge in [0.25, 0.3) is 5.91 Å². The van der Waals surface area contributed by atoms with Crippen molar-refractivity contribution in [3.63, 3.8) is 0 Å². The number of Topliss-reactive ketones (excluding diaryl/α,β-unsaturated/α-hetero) is 1. The fraction of sp³-hybridized carbons (Fsp3) is 0.364. The van der Waals surface area contributed by atoms with E-state index >= 15 is 0 Å². The summed E-state index contributed by atoms with van der Waals surface area (Å²) < 4.78 is 108. The SMILES string of the molecule is CC(=O)c1cc2c(cc1C(F)(F)F)CN(C(=O)c1cc(S(C)(=O)=O)ccc1O[C@@H](C)C(F)(F)F)C2. The molecule has 0 unspecified atom stereocenters. The number of carbonyl (C=O) groups is 2. The van der Waals surface area contributed by atoms with Gasteiger partial charge < -0.3 is 9.64 Å². The van der Waals surface area contributed by atoms with Crippen molar-refractivity contribution in [3.8, 4) is 5.75 Å². The summed E-state index contributed by atoms with van der Waals surface area (Å²) in [7, 11) is -3.86. The van der Waals surface area contributed by atoms with Crippen LogP contribution in [0.15, 0.2) is 35.2 Å². The molecule has 0 aliphatic carbocycles. The van der Waals surface area contributed by atoms with Crippen molar-refractivity contribution in [2.45, 2.75) is 50.3 Å². The average Bonchev–Trinajstić information content (AvgIpc) is 3.13. The minimum absolute atomic E-state index is 0.0982. The molecule has 1 heterocycles. The van der Waals surface area contributed by atoms with E-state index in [0.29, 0.717) is 6.92 Å². The maximum Gasteiger partial charge on any atom is 0.425 e. The van der Waals surface area contributed by atoms with Gasteiger partial charge in [0.05, 0.1) is 16.0 Å². The highest BCUT2D eigenvalue weighted by Crippen LogP contribution is 2.38. The van der Waals surface area contributed by atoms with Gasteiger partial charge in [-0.05, 0) is 55.3 Å². The van der Waals surface area contributed by atoms with Crippen LogP contribution < -0.4 is 4.74 Å². The minimum atomic E-state index is -4.83. The number of sulfone groups is 1. The van der Waals surface area contributed by atoms with Crippen LogP contribution in [0.3, 0.4) is 0 Å². The van der Waals surface area contributed by atoms with Gasteiger partial charge in [-0.2, -0.15) is 26.3 Å². The van der Waals surface area contributed by atoms with Crippen LogP contribution in [0.25, 0.3) is 0 Å². The lowest BCUT2D eigenvalue weighted by molar-refractivity contribution is -0.189. The third-order valence-corrected chi connectivity index (χ3v) is 6.52. The van der Waals surface area contributed by atoms with Crippen LogP contribution in [0, 0.1) is 0 Å². The highest BCUT2D eigenvalue weighted by atomic mass is 32.2. The number of carbonyl (C=O) groups excluding carboxylic acids is 2. The van der Waals surface area contributed by atoms with E-state index in [9.17, 15) is 44.3 Å². The zero-order chi connectivity index (χ0) is 26.5. The summed E-state index contributed by atoms with van der Waals surface area (Å²) in [5.41, 5.74) is -1.89. The van der Waals surface area contributed by atoms with Crippen molar-refractivity contribution < 1.29 is 49.1 Å². The molecular weight excluding hydrogens is 504 g/mol. The molecule has 1 aliphatic rings. The molecule has 0 radical (unpaired) electrons. The molecule has 0 N–H and O–H groups in total. The van der Waals surface area contributed by atoms with E-state index in [4.69, 9.17) is 4.74 Å². The van der Waals surface area contributed by atoms with Gasteiger partial charge in [-0.15, -0.1) is 0 Å². The first-order chi connectivity index (χ1) is 15.9. The van der Waals surface area contributed by atoms with E-state index in [0.717, 1.165) is 48.4 Å². The fourth-order valence-corrected chi connectivity index (χ4v) is 4.20. The number of hydrogen-bond acceptors (Lipinski definition) is 5. The third kappa shape index (κ3) is 5.60. The van der Waals surface area contributed by atoms with Crippen LogP contribution in [0.4, 0.5) is 26.3 Å². The van der Waals surface area contributed by atoms with Crippen LogP contribution >= 0.6 is 0 Å². The molecule has 0 saturated heterocycles. The number of ketones is 1. The highest BCUT2D eigenvalue weighted by Gasteiger charge is 2.40. The molecule has 2 aromatic carbocycles. The summed E-state index contributed by atoms with van der Waals surface area (Å²) in [5.74, 6) is -2.32. The quantitative estimate of drug-likeness (QED) is 0.416. The second-order valence-electron chi connectivity index (χ2n) is 8.11. The van der Waals surface area contributed by atoms with Gasteiger partial charge in [-0.3, -0.25) is 9.59 Å². The largest absolute Gasteiger partial charge is 0.480 e. The molecule has 3 rings (SSSR count). The van der Waals surface area contributed by atoms with Crippen molar-refractivity contribution in [2.24, 2.45) is 0 Å². The zero-order valence-corrected chi connectivity index (χ0v) is 19.4. The molecule has 1 aliphatic heterocycles. The van der Waals surface area contributed by atoms with Gasteiger partial charge >= 0.3 is 12.4 Å². The Kier molecular flexibility index (Phi) is 6.70. The number of ether oxygens (including phenoxy) is 1. The lowest BCUT2D eigenvalue weighted by Crippen LogP contribution is -2.32. The smallest absolute Gasteiger partial charge is 0.425 e. The first-order valence-corrected chi connectivity index (χ1v) is 11.9. The summed E-state index contributed by atoms with van der Waals surface area (Å²) in [6, 6.07) is 4.56. The summed E-state index contributed by atoms with van der Waals surface area (Å²) >= 11 is 0. The van der Waals surface area contributed by atoms with E-state index < -0.39 is 62.4 Å². The Hall–Kier alpha value is -3.09. The Balaban J connectivity index is 2.03. The van der Waals surface area contributed by atoms with Gasteiger partial charge in [-0.25, -0.2) is 8.42 Å². The van der Waals surface area contributed by atoms with Crippen molar-refractivity contribution >= 4 is 21.5 Å². The van der Waals surface area contributed by atoms with E-state index in [1.54, 1.807) is 0 Å². The minimum Gasteiger partial charge on any atom is -0.480 e. The molecule has 35 heavy (non-hydrogen) atoms. The molecule has 2 aromatic rings. The molecule has 0 spiro atoms. The summed E-state index contributed by atoms with van der Waals surface area (Å²) in [6.07, 6.45) is -11.1. The number of halogens is 6. The predicted octanol–water partition coefficient (Wildman–Crippen LogP) is 4.80. The molecule has 0 fully saturated rings. The molecule has 0 saturated carbocycles. The maximum atomic E-state index is 13.4. The van der Waals surface area contributed by atoms with Gasteiger partial charge in [-0.1, -0.05) is 0 Å². The van der Waals surface area contributed by atoms with Crippen LogP contribution in [0.1, 0.15) is 51.3 Å². The van der Waals surface area contributed by atoms with Crippen molar-refractivity contribution in [3.05, 3.63) is 58.1 Å². The number of fused-ring (bicyclic) bond motifs is 1. The lowest BCUT2D eigenvalue weighted by Gasteiger charge is -2.22. The van der Waals surface area contributed by atoms with E-state index in [1.807, 2.05) is 0 Å². The van der Waals surface area contributed by atoms with Crippen LogP contribution in [0.5, 0.6) is 5.75 Å². The fourth-order valence-electron chi connectivity index (χ4n) is 3.56. The van der Waals surface area contributed by atoms with Gasteiger partial charge in [0.15, 0.2) is 21.7 Å². The highest BCUT2D eigenvalue weighted by molar-refractivity contribution is 7.90. The number of rotatable bonds is 5. The van der Waals surface area contributed by atoms with Gasteiger partial charge in [0.1, 0.15) is 5.75 Å². The van der Waals surface area contributed by atoms with Crippen LogP contribution in [-0.2, 0) is 29.1 Å². The third-order valence-electron chi connectivity index (χ3n) is 5.41. The monoisotopic (exact) mass is 523 g/mol. The molecule has 13 heteroatoms. The number of nitrogens with zero attached hydrogens (tertiary/aromatic N) is 1. The molecule has 1 atom stereocenters. The number of amides is 1. The van der Waals surface area contributed by atoms with Crippen molar-refractivity contribution in [1.82, 2.24) is 4.90 Å². The summed E-state index contributed by atoms with van der Waals surface area (Å²) in [4.78, 5) is 25.7. The summed E-state index contributed by atoms with van der Waals surface area (Å²) in [5, 5.41) is 0. The molecular formula is C22H19F6NO5S. The van der Waals surface area contributed by atoms with E-state index in [-0.39, 0.29) is 29.1 Å². The van der Waals surface area contributed by atoms with E-state index in [2.05, 4.69) is 0 Å². The van der Waals surface area contributed by atoms with Gasteiger partial charge in [0, 0.05) is 24.9 Å². The number of hydrogen-bond donors (Lipinski definition) is 0. The normalized spacial score (nSPS) is 15.1. The molecule has 6 nitrogen and oxygen atoms in total. The standard InChI is InChI=1S/C22H19F6NO5S/c1-11(30)16-6-13-9-29(10-14(13)7-18(16)22(26,27)28)20(31)17-8-15(35(3,32)33)4-5-19(17)34-12(2)21(23,24)25/h4-8,12H,9-10H2,1-3H3/t12-/m0/s1. The van der Waals surface area contributed by atoms with Crippen LogP contribution in [0.2, 0.25) is 0 Å². The first-order valence-electron chi connectivity index (χ1n) is 10.00. The molecule has 0 aromatic heterocycles. The lowest BCUT2D eigenvalue weighted by atomic mass is 9.97. The Morgan fingerprint density at radius 1 is 0.971 bits per heavy atom. The molecule has 0 bridgehead atoms. The van der Waals surface area contributed by atoms with Crippen molar-refractivity contribution in [1.29, 1.82) is 0 Å². The average molecular weight is 523 g/mol. The van der Waals surface area contributed by atoms with Crippen LogP contribution in [-0.4, -0.2) is 43.5 Å². The molecule has 190 valence electrons. The first kappa shape index (κ1) is 26.5. The Bertz CT molecular complexity index is 1300. The van der Waals surface area contributed by atoms with Crippen molar-refractivity contribution in [2.75, 3.05) is 6.26 Å².